The summed E-state index contributed by atoms with van der Waals surface area (Å²) in [6.45, 7) is 5.41. The van der Waals surface area contributed by atoms with Crippen LogP contribution in [0.3, 0.4) is 0 Å². The van der Waals surface area contributed by atoms with Gasteiger partial charge in [0.05, 0.1) is 13.2 Å². The second-order valence-corrected chi connectivity index (χ2v) is 6.92. The Hall–Kier alpha value is -1.43. The highest BCUT2D eigenvalue weighted by Gasteiger charge is 2.31. The Morgan fingerprint density at radius 2 is 1.96 bits per heavy atom. The maximum Gasteiger partial charge on any atom is 0.227 e. The van der Waals surface area contributed by atoms with Gasteiger partial charge >= 0.3 is 0 Å². The number of carbonyl (C=O) groups is 1. The van der Waals surface area contributed by atoms with E-state index in [1.807, 2.05) is 12.1 Å². The first kappa shape index (κ1) is 17.4. The fourth-order valence-corrected chi connectivity index (χ4v) is 3.77. The number of anilines is 1. The van der Waals surface area contributed by atoms with Gasteiger partial charge in [-0.1, -0.05) is 18.6 Å². The van der Waals surface area contributed by atoms with E-state index in [2.05, 4.69) is 22.3 Å². The molecule has 0 radical (unpaired) electrons. The second kappa shape index (κ2) is 8.60. The van der Waals surface area contributed by atoms with Gasteiger partial charge < -0.3 is 15.8 Å². The Balaban J connectivity index is 1.48. The number of nitrogens with zero attached hydrogens (tertiary/aromatic N) is 1. The van der Waals surface area contributed by atoms with E-state index in [9.17, 15) is 4.79 Å². The third-order valence-electron chi connectivity index (χ3n) is 5.34. The molecule has 5 nitrogen and oxygen atoms in total. The molecular formula is C19H29N3O2. The van der Waals surface area contributed by atoms with Gasteiger partial charge in [-0.2, -0.15) is 0 Å². The molecule has 1 saturated carbocycles. The second-order valence-electron chi connectivity index (χ2n) is 6.92. The smallest absolute Gasteiger partial charge is 0.227 e. The highest BCUT2D eigenvalue weighted by molar-refractivity contribution is 5.92. The lowest BCUT2D eigenvalue weighted by Gasteiger charge is -2.26. The topological polar surface area (TPSA) is 67.6 Å². The molecule has 1 amide bonds. The Labute approximate surface area is 144 Å². The van der Waals surface area contributed by atoms with Gasteiger partial charge in [0.25, 0.3) is 0 Å². The molecule has 0 unspecified atom stereocenters. The van der Waals surface area contributed by atoms with Crippen LogP contribution >= 0.6 is 0 Å². The Kier molecular flexibility index (Phi) is 6.24. The van der Waals surface area contributed by atoms with Crippen LogP contribution in [0.5, 0.6) is 0 Å². The normalized spacial score (nSPS) is 24.9. The van der Waals surface area contributed by atoms with E-state index in [1.54, 1.807) is 0 Å². The summed E-state index contributed by atoms with van der Waals surface area (Å²) in [6, 6.07) is 8.26. The van der Waals surface area contributed by atoms with E-state index in [4.69, 9.17) is 10.5 Å². The van der Waals surface area contributed by atoms with Crippen molar-refractivity contribution in [2.75, 3.05) is 44.7 Å². The number of amides is 1. The molecule has 0 bridgehead atoms. The van der Waals surface area contributed by atoms with Crippen molar-refractivity contribution in [3.63, 3.8) is 0 Å². The van der Waals surface area contributed by atoms with Crippen LogP contribution in [-0.4, -0.2) is 50.2 Å². The molecule has 1 heterocycles. The molecule has 24 heavy (non-hydrogen) atoms. The molecule has 5 heteroatoms. The van der Waals surface area contributed by atoms with Crippen LogP contribution in [0.25, 0.3) is 0 Å². The van der Waals surface area contributed by atoms with Gasteiger partial charge in [0.1, 0.15) is 0 Å². The summed E-state index contributed by atoms with van der Waals surface area (Å²) < 4.78 is 5.37. The maximum atomic E-state index is 12.4. The van der Waals surface area contributed by atoms with Crippen molar-refractivity contribution >= 4 is 11.6 Å². The molecule has 0 spiro atoms. The molecule has 1 aromatic rings. The fourth-order valence-electron chi connectivity index (χ4n) is 3.77. The molecule has 2 aliphatic rings. The van der Waals surface area contributed by atoms with Crippen LogP contribution in [0.2, 0.25) is 0 Å². The number of rotatable bonds is 6. The third-order valence-corrected chi connectivity index (χ3v) is 5.34. The van der Waals surface area contributed by atoms with Crippen molar-refractivity contribution in [2.45, 2.75) is 25.7 Å². The monoisotopic (exact) mass is 331 g/mol. The number of carbonyl (C=O) groups excluding carboxylic acids is 1. The molecule has 1 aromatic carbocycles. The zero-order valence-corrected chi connectivity index (χ0v) is 14.4. The van der Waals surface area contributed by atoms with Gasteiger partial charge in [0.15, 0.2) is 0 Å². The minimum absolute atomic E-state index is 0.0796. The number of ether oxygens (including phenoxy) is 1. The highest BCUT2D eigenvalue weighted by atomic mass is 16.5. The summed E-state index contributed by atoms with van der Waals surface area (Å²) in [6.07, 6.45) is 4.19. The molecule has 3 rings (SSSR count). The predicted molar refractivity (Wildman–Crippen MR) is 95.9 cm³/mol. The number of hydrogen-bond acceptors (Lipinski definition) is 4. The summed E-state index contributed by atoms with van der Waals surface area (Å²) in [5.41, 5.74) is 7.97. The van der Waals surface area contributed by atoms with Crippen LogP contribution in [0.15, 0.2) is 24.3 Å². The molecule has 0 aromatic heterocycles. The van der Waals surface area contributed by atoms with E-state index in [0.717, 1.165) is 64.2 Å². The summed E-state index contributed by atoms with van der Waals surface area (Å²) in [5.74, 6) is 0.554. The first-order chi connectivity index (χ1) is 11.8. The lowest BCUT2D eigenvalue weighted by Crippen LogP contribution is -2.37. The Bertz CT molecular complexity index is 526. The van der Waals surface area contributed by atoms with Gasteiger partial charge in [0, 0.05) is 31.2 Å². The highest BCUT2D eigenvalue weighted by Crippen LogP contribution is 2.31. The molecule has 2 atom stereocenters. The minimum Gasteiger partial charge on any atom is -0.379 e. The standard InChI is InChI=1S/C19H29N3O2/c20-14-16-2-1-3-18(16)19(23)21-17-6-4-15(5-7-17)8-9-22-10-12-24-13-11-22/h4-7,16,18H,1-3,8-14,20H2,(H,21,23)/t16-,18-/m1/s1. The van der Waals surface area contributed by atoms with Gasteiger partial charge in [0.2, 0.25) is 5.91 Å². The van der Waals surface area contributed by atoms with E-state index in [-0.39, 0.29) is 11.8 Å². The molecule has 1 aliphatic carbocycles. The van der Waals surface area contributed by atoms with E-state index < -0.39 is 0 Å². The SMILES string of the molecule is NC[C@H]1CCC[C@H]1C(=O)Nc1ccc(CCN2CCOCC2)cc1. The average Bonchev–Trinajstić information content (AvgIpc) is 3.11. The van der Waals surface area contributed by atoms with Gasteiger partial charge in [-0.3, -0.25) is 9.69 Å². The summed E-state index contributed by atoms with van der Waals surface area (Å²) in [4.78, 5) is 14.9. The number of hydrogen-bond donors (Lipinski definition) is 2. The largest absolute Gasteiger partial charge is 0.379 e. The van der Waals surface area contributed by atoms with Gasteiger partial charge in [-0.15, -0.1) is 0 Å². The van der Waals surface area contributed by atoms with Crippen LogP contribution in [0.1, 0.15) is 24.8 Å². The van der Waals surface area contributed by atoms with E-state index in [0.29, 0.717) is 12.5 Å². The Morgan fingerprint density at radius 1 is 1.21 bits per heavy atom. The third kappa shape index (κ3) is 4.56. The molecule has 1 saturated heterocycles. The fraction of sp³-hybridized carbons (Fsp3) is 0.632. The van der Waals surface area contributed by atoms with Crippen LogP contribution in [-0.2, 0) is 16.0 Å². The molecule has 132 valence electrons. The first-order valence-corrected chi connectivity index (χ1v) is 9.16. The zero-order valence-electron chi connectivity index (χ0n) is 14.4. The number of morpholine rings is 1. The number of nitrogens with one attached hydrogen (secondary N) is 1. The maximum absolute atomic E-state index is 12.4. The van der Waals surface area contributed by atoms with Crippen molar-refractivity contribution in [1.82, 2.24) is 4.90 Å². The number of benzene rings is 1. The van der Waals surface area contributed by atoms with E-state index >= 15 is 0 Å². The van der Waals surface area contributed by atoms with Crippen molar-refractivity contribution in [2.24, 2.45) is 17.6 Å². The lowest BCUT2D eigenvalue weighted by atomic mass is 9.95. The average molecular weight is 331 g/mol. The van der Waals surface area contributed by atoms with Crippen LogP contribution < -0.4 is 11.1 Å². The molecule has 1 aliphatic heterocycles. The molecular weight excluding hydrogens is 302 g/mol. The quantitative estimate of drug-likeness (QED) is 0.835. The van der Waals surface area contributed by atoms with Crippen LogP contribution in [0, 0.1) is 11.8 Å². The lowest BCUT2D eigenvalue weighted by molar-refractivity contribution is -0.120. The van der Waals surface area contributed by atoms with Crippen molar-refractivity contribution in [1.29, 1.82) is 0 Å². The zero-order chi connectivity index (χ0) is 16.8. The minimum atomic E-state index is 0.0796. The van der Waals surface area contributed by atoms with Gasteiger partial charge in [-0.05, 0) is 49.4 Å². The Morgan fingerprint density at radius 3 is 2.67 bits per heavy atom. The molecule has 2 fully saturated rings. The van der Waals surface area contributed by atoms with Gasteiger partial charge in [-0.25, -0.2) is 0 Å². The molecule has 3 N–H and O–H groups in total. The van der Waals surface area contributed by atoms with Crippen molar-refractivity contribution in [3.05, 3.63) is 29.8 Å². The van der Waals surface area contributed by atoms with Crippen LogP contribution in [0.4, 0.5) is 5.69 Å². The van der Waals surface area contributed by atoms with Crippen molar-refractivity contribution in [3.8, 4) is 0 Å². The first-order valence-electron chi connectivity index (χ1n) is 9.16. The predicted octanol–water partition coefficient (Wildman–Crippen LogP) is 1.87. The summed E-state index contributed by atoms with van der Waals surface area (Å²) in [7, 11) is 0. The number of nitrogens with two attached hydrogens (primary N) is 1. The summed E-state index contributed by atoms with van der Waals surface area (Å²) in [5, 5.41) is 3.06. The van der Waals surface area contributed by atoms with E-state index in [1.165, 1.54) is 5.56 Å². The van der Waals surface area contributed by atoms with Crippen molar-refractivity contribution < 1.29 is 9.53 Å². The summed E-state index contributed by atoms with van der Waals surface area (Å²) >= 11 is 0.